The van der Waals surface area contributed by atoms with E-state index >= 15 is 0 Å². The Bertz CT molecular complexity index is 1420. The van der Waals surface area contributed by atoms with Gasteiger partial charge in [0.15, 0.2) is 22.8 Å². The first-order chi connectivity index (χ1) is 16.7. The minimum atomic E-state index is 0.587. The molecule has 0 unspecified atom stereocenters. The molecular formula is C25H23N7OS. The van der Waals surface area contributed by atoms with Gasteiger partial charge in [0.2, 0.25) is 0 Å². The Morgan fingerprint density at radius 1 is 0.971 bits per heavy atom. The van der Waals surface area contributed by atoms with Crippen LogP contribution >= 0.6 is 11.3 Å². The van der Waals surface area contributed by atoms with Crippen molar-refractivity contribution in [3.63, 3.8) is 0 Å². The lowest BCUT2D eigenvalue weighted by molar-refractivity contribution is 0.122. The molecule has 0 amide bonds. The summed E-state index contributed by atoms with van der Waals surface area (Å²) in [5.41, 5.74) is 12.1. The first-order valence-corrected chi connectivity index (χ1v) is 12.0. The van der Waals surface area contributed by atoms with E-state index in [1.807, 2.05) is 40.3 Å². The molecule has 1 saturated heterocycles. The molecule has 0 radical (unpaired) electrons. The third-order valence-corrected chi connectivity index (χ3v) is 6.50. The molecule has 3 N–H and O–H groups in total. The Balaban J connectivity index is 1.40. The Morgan fingerprint density at radius 3 is 2.59 bits per heavy atom. The van der Waals surface area contributed by atoms with Crippen molar-refractivity contribution >= 4 is 45.4 Å². The van der Waals surface area contributed by atoms with Crippen molar-refractivity contribution in [2.45, 2.75) is 0 Å². The van der Waals surface area contributed by atoms with Crippen molar-refractivity contribution in [2.24, 2.45) is 0 Å². The van der Waals surface area contributed by atoms with Gasteiger partial charge in [-0.05, 0) is 47.8 Å². The summed E-state index contributed by atoms with van der Waals surface area (Å²) in [6, 6.07) is 18.0. The van der Waals surface area contributed by atoms with Gasteiger partial charge in [-0.3, -0.25) is 4.57 Å². The van der Waals surface area contributed by atoms with Crippen molar-refractivity contribution < 1.29 is 4.74 Å². The van der Waals surface area contributed by atoms with Gasteiger partial charge in [0.1, 0.15) is 6.33 Å². The van der Waals surface area contributed by atoms with Crippen LogP contribution in [-0.2, 0) is 4.74 Å². The van der Waals surface area contributed by atoms with Gasteiger partial charge in [-0.15, -0.1) is 0 Å². The van der Waals surface area contributed by atoms with Crippen LogP contribution in [0.4, 0.5) is 22.9 Å². The summed E-state index contributed by atoms with van der Waals surface area (Å²) in [6.07, 6.45) is 1.79. The van der Waals surface area contributed by atoms with Gasteiger partial charge in [-0.2, -0.15) is 11.3 Å². The lowest BCUT2D eigenvalue weighted by atomic mass is 10.2. The average Bonchev–Trinajstić information content (AvgIpc) is 3.55. The number of aromatic nitrogens is 4. The number of nitrogens with zero attached hydrogens (tertiary/aromatic N) is 5. The van der Waals surface area contributed by atoms with Crippen LogP contribution in [0.3, 0.4) is 0 Å². The average molecular weight is 470 g/mol. The van der Waals surface area contributed by atoms with Crippen LogP contribution in [0.2, 0.25) is 0 Å². The van der Waals surface area contributed by atoms with E-state index in [1.165, 1.54) is 5.69 Å². The van der Waals surface area contributed by atoms with Crippen LogP contribution in [0.5, 0.6) is 0 Å². The number of hydrogen-bond acceptors (Lipinski definition) is 8. The number of hydrogen-bond donors (Lipinski definition) is 2. The monoisotopic (exact) mass is 469 g/mol. The summed E-state index contributed by atoms with van der Waals surface area (Å²) in [6.45, 7) is 3.34. The van der Waals surface area contributed by atoms with E-state index < -0.39 is 0 Å². The van der Waals surface area contributed by atoms with E-state index in [0.717, 1.165) is 48.9 Å². The van der Waals surface area contributed by atoms with Gasteiger partial charge < -0.3 is 20.7 Å². The summed E-state index contributed by atoms with van der Waals surface area (Å²) < 4.78 is 7.45. The van der Waals surface area contributed by atoms with Crippen LogP contribution in [-0.4, -0.2) is 45.8 Å². The highest BCUT2D eigenvalue weighted by Gasteiger charge is 2.17. The minimum Gasteiger partial charge on any atom is -0.399 e. The fourth-order valence-corrected chi connectivity index (χ4v) is 4.72. The molecule has 6 rings (SSSR count). The quantitative estimate of drug-likeness (QED) is 0.360. The number of nitrogens with one attached hydrogen (secondary N) is 1. The Hall–Kier alpha value is -3.95. The molecule has 2 aromatic carbocycles. The standard InChI is InChI=1S/C25H23N7OS/c26-18-3-1-2-17(14-18)23-29-24(22-25(30-23)32(16-27-22)21-8-13-34-15-21)28-19-4-6-20(7-5-19)31-9-11-33-12-10-31/h1-8,13-16H,9-12,26H2,(H,28,29,30). The van der Waals surface area contributed by atoms with E-state index in [2.05, 4.69) is 44.8 Å². The fraction of sp³-hybridized carbons (Fsp3) is 0.160. The molecule has 1 aliphatic rings. The lowest BCUT2D eigenvalue weighted by Crippen LogP contribution is -2.36. The normalized spacial score (nSPS) is 13.9. The van der Waals surface area contributed by atoms with E-state index in [9.17, 15) is 0 Å². The van der Waals surface area contributed by atoms with Crippen LogP contribution in [0.15, 0.2) is 71.7 Å². The van der Waals surface area contributed by atoms with Crippen molar-refractivity contribution in [2.75, 3.05) is 42.3 Å². The lowest BCUT2D eigenvalue weighted by Gasteiger charge is -2.28. The molecule has 0 atom stereocenters. The highest BCUT2D eigenvalue weighted by Crippen LogP contribution is 2.30. The van der Waals surface area contributed by atoms with Gasteiger partial charge >= 0.3 is 0 Å². The molecule has 34 heavy (non-hydrogen) atoms. The first-order valence-electron chi connectivity index (χ1n) is 11.1. The van der Waals surface area contributed by atoms with Crippen molar-refractivity contribution in [1.29, 1.82) is 0 Å². The molecule has 0 bridgehead atoms. The number of imidazole rings is 1. The summed E-state index contributed by atoms with van der Waals surface area (Å²) >= 11 is 1.63. The molecule has 8 nitrogen and oxygen atoms in total. The second-order valence-corrected chi connectivity index (χ2v) is 8.84. The largest absolute Gasteiger partial charge is 0.399 e. The van der Waals surface area contributed by atoms with Crippen molar-refractivity contribution in [1.82, 2.24) is 19.5 Å². The molecular weight excluding hydrogens is 446 g/mol. The minimum absolute atomic E-state index is 0.587. The summed E-state index contributed by atoms with van der Waals surface area (Å²) in [4.78, 5) is 16.7. The number of rotatable bonds is 5. The maximum atomic E-state index is 6.03. The molecule has 1 fully saturated rings. The summed E-state index contributed by atoms with van der Waals surface area (Å²) in [5, 5.41) is 7.57. The van der Waals surface area contributed by atoms with Gasteiger partial charge in [-0.1, -0.05) is 12.1 Å². The molecule has 5 aromatic rings. The van der Waals surface area contributed by atoms with E-state index in [-0.39, 0.29) is 0 Å². The smallest absolute Gasteiger partial charge is 0.170 e. The third-order valence-electron chi connectivity index (χ3n) is 5.83. The molecule has 4 heterocycles. The zero-order valence-corrected chi connectivity index (χ0v) is 19.2. The molecule has 170 valence electrons. The van der Waals surface area contributed by atoms with Crippen LogP contribution in [0, 0.1) is 0 Å². The Morgan fingerprint density at radius 2 is 1.82 bits per heavy atom. The number of thiophene rings is 1. The molecule has 9 heteroatoms. The van der Waals surface area contributed by atoms with E-state index in [4.69, 9.17) is 20.4 Å². The highest BCUT2D eigenvalue weighted by molar-refractivity contribution is 7.08. The van der Waals surface area contributed by atoms with Crippen LogP contribution in [0.1, 0.15) is 0 Å². The summed E-state index contributed by atoms with van der Waals surface area (Å²) in [5.74, 6) is 1.24. The van der Waals surface area contributed by atoms with Gasteiger partial charge in [-0.25, -0.2) is 15.0 Å². The molecule has 0 spiro atoms. The fourth-order valence-electron chi connectivity index (χ4n) is 4.09. The number of morpholine rings is 1. The third kappa shape index (κ3) is 3.95. The number of ether oxygens (including phenoxy) is 1. The van der Waals surface area contributed by atoms with Gasteiger partial charge in [0.25, 0.3) is 0 Å². The second kappa shape index (κ2) is 8.77. The Kier molecular flexibility index (Phi) is 5.32. The van der Waals surface area contributed by atoms with Crippen molar-refractivity contribution in [3.05, 3.63) is 71.7 Å². The maximum absolute atomic E-state index is 6.03. The van der Waals surface area contributed by atoms with Crippen LogP contribution in [0.25, 0.3) is 28.2 Å². The van der Waals surface area contributed by atoms with E-state index in [1.54, 1.807) is 17.7 Å². The predicted octanol–water partition coefficient (Wildman–Crippen LogP) is 4.71. The van der Waals surface area contributed by atoms with Crippen molar-refractivity contribution in [3.8, 4) is 17.1 Å². The number of nitrogens with two attached hydrogens (primary N) is 1. The topological polar surface area (TPSA) is 94.1 Å². The number of anilines is 4. The second-order valence-electron chi connectivity index (χ2n) is 8.06. The predicted molar refractivity (Wildman–Crippen MR) is 137 cm³/mol. The molecule has 0 saturated carbocycles. The van der Waals surface area contributed by atoms with Gasteiger partial charge in [0, 0.05) is 41.1 Å². The molecule has 3 aromatic heterocycles. The number of benzene rings is 2. The summed E-state index contributed by atoms with van der Waals surface area (Å²) in [7, 11) is 0. The highest BCUT2D eigenvalue weighted by atomic mass is 32.1. The SMILES string of the molecule is Nc1cccc(-c2nc(Nc3ccc(N4CCOCC4)cc3)c3ncn(-c4ccsc4)c3n2)c1. The maximum Gasteiger partial charge on any atom is 0.170 e. The molecule has 0 aliphatic carbocycles. The zero-order valence-electron chi connectivity index (χ0n) is 18.4. The Labute approximate surface area is 200 Å². The number of nitrogen functional groups attached to an aromatic ring is 1. The number of fused-ring (bicyclic) bond motifs is 1. The zero-order chi connectivity index (χ0) is 22.9. The van der Waals surface area contributed by atoms with E-state index in [0.29, 0.717) is 22.8 Å². The first kappa shape index (κ1) is 20.6. The van der Waals surface area contributed by atoms with Gasteiger partial charge in [0.05, 0.1) is 18.9 Å². The molecule has 1 aliphatic heterocycles. The van der Waals surface area contributed by atoms with Crippen LogP contribution < -0.4 is 16.0 Å².